The molecule has 6 heteroatoms. The molecule has 0 spiro atoms. The van der Waals surface area contributed by atoms with E-state index < -0.39 is 0 Å². The summed E-state index contributed by atoms with van der Waals surface area (Å²) in [6.07, 6.45) is 3.70. The third kappa shape index (κ3) is 5.38. The summed E-state index contributed by atoms with van der Waals surface area (Å²) in [6, 6.07) is 23.3. The molecule has 0 radical (unpaired) electrons. The number of aromatic amines is 1. The zero-order valence-corrected chi connectivity index (χ0v) is 21.4. The molecular formula is C31H33N3O3. The fourth-order valence-electron chi connectivity index (χ4n) is 5.33. The van der Waals surface area contributed by atoms with Crippen molar-refractivity contribution >= 4 is 22.5 Å². The highest BCUT2D eigenvalue weighted by Gasteiger charge is 2.24. The Hall–Kier alpha value is -4.06. The average Bonchev–Trinajstić information content (AvgIpc) is 2.93. The van der Waals surface area contributed by atoms with Crippen molar-refractivity contribution in [1.82, 2.24) is 10.3 Å². The molecule has 6 nitrogen and oxygen atoms in total. The van der Waals surface area contributed by atoms with Crippen molar-refractivity contribution in [1.29, 1.82) is 0 Å². The number of aryl methyl sites for hydroxylation is 1. The fourth-order valence-corrected chi connectivity index (χ4v) is 5.33. The molecule has 1 aliphatic heterocycles. The molecule has 1 aliphatic rings. The number of carbonyl (C=O) groups is 1. The van der Waals surface area contributed by atoms with Gasteiger partial charge in [-0.3, -0.25) is 9.59 Å². The van der Waals surface area contributed by atoms with Gasteiger partial charge in [0.25, 0.3) is 0 Å². The monoisotopic (exact) mass is 495 g/mol. The number of methoxy groups -OCH3 is 1. The predicted octanol–water partition coefficient (Wildman–Crippen LogP) is 5.28. The highest BCUT2D eigenvalue weighted by atomic mass is 16.5. The number of pyridine rings is 1. The van der Waals surface area contributed by atoms with E-state index in [9.17, 15) is 9.59 Å². The number of para-hydroxylation sites is 1. The number of ether oxygens (including phenoxy) is 1. The van der Waals surface area contributed by atoms with Crippen LogP contribution in [0.5, 0.6) is 5.75 Å². The lowest BCUT2D eigenvalue weighted by atomic mass is 9.95. The second kappa shape index (κ2) is 10.9. The second-order valence-electron chi connectivity index (χ2n) is 9.72. The van der Waals surface area contributed by atoms with Crippen LogP contribution in [0.1, 0.15) is 47.6 Å². The number of nitrogens with zero attached hydrogens (tertiary/aromatic N) is 1. The van der Waals surface area contributed by atoms with Gasteiger partial charge in [0.2, 0.25) is 11.5 Å². The van der Waals surface area contributed by atoms with Crippen LogP contribution in [0.2, 0.25) is 0 Å². The maximum Gasteiger partial charge on any atom is 0.248 e. The van der Waals surface area contributed by atoms with Crippen molar-refractivity contribution < 1.29 is 9.53 Å². The Balaban J connectivity index is 1.51. The molecule has 0 saturated carbocycles. The number of piperidine rings is 1. The third-order valence-electron chi connectivity index (χ3n) is 7.21. The molecule has 5 rings (SSSR count). The van der Waals surface area contributed by atoms with Crippen LogP contribution >= 0.6 is 0 Å². The summed E-state index contributed by atoms with van der Waals surface area (Å²) in [4.78, 5) is 31.0. The van der Waals surface area contributed by atoms with Gasteiger partial charge in [-0.2, -0.15) is 0 Å². The number of anilines is 1. The molecule has 1 amide bonds. The minimum Gasteiger partial charge on any atom is -0.497 e. The van der Waals surface area contributed by atoms with Crippen molar-refractivity contribution in [2.75, 3.05) is 25.1 Å². The van der Waals surface area contributed by atoms with E-state index in [4.69, 9.17) is 4.74 Å². The zero-order valence-electron chi connectivity index (χ0n) is 21.4. The topological polar surface area (TPSA) is 74.4 Å². The number of aromatic nitrogens is 1. The average molecular weight is 496 g/mol. The molecule has 37 heavy (non-hydrogen) atoms. The minimum absolute atomic E-state index is 0.107. The first-order chi connectivity index (χ1) is 18.0. The van der Waals surface area contributed by atoms with E-state index in [0.29, 0.717) is 0 Å². The molecule has 0 bridgehead atoms. The largest absolute Gasteiger partial charge is 0.497 e. The van der Waals surface area contributed by atoms with E-state index in [2.05, 4.69) is 27.3 Å². The molecule has 2 N–H and O–H groups in total. The summed E-state index contributed by atoms with van der Waals surface area (Å²) in [5, 5.41) is 4.26. The first kappa shape index (κ1) is 24.6. The first-order valence-electron chi connectivity index (χ1n) is 12.9. The van der Waals surface area contributed by atoms with Crippen LogP contribution in [-0.4, -0.2) is 31.1 Å². The molecule has 4 aromatic rings. The number of hydrogen-bond donors (Lipinski definition) is 2. The van der Waals surface area contributed by atoms with Gasteiger partial charge in [0, 0.05) is 41.9 Å². The SMILES string of the molecule is COc1ccc(C(NC(=O)Cc2cccc3c(C)cc(=O)[nH]c23)c2ccccc2)c(N2CCCCC2)c1. The highest BCUT2D eigenvalue weighted by Crippen LogP contribution is 2.35. The number of nitrogens with one attached hydrogen (secondary N) is 2. The smallest absolute Gasteiger partial charge is 0.248 e. The van der Waals surface area contributed by atoms with Crippen molar-refractivity contribution in [2.45, 2.75) is 38.6 Å². The molecule has 1 atom stereocenters. The summed E-state index contributed by atoms with van der Waals surface area (Å²) in [5.74, 6) is 0.696. The Kier molecular flexibility index (Phi) is 7.26. The Bertz CT molecular complexity index is 1460. The van der Waals surface area contributed by atoms with Crippen LogP contribution in [0.3, 0.4) is 0 Å². The van der Waals surface area contributed by atoms with Crippen molar-refractivity contribution in [3.8, 4) is 5.75 Å². The van der Waals surface area contributed by atoms with Gasteiger partial charge in [-0.15, -0.1) is 0 Å². The molecule has 3 aromatic carbocycles. The third-order valence-corrected chi connectivity index (χ3v) is 7.21. The standard InChI is InChI=1S/C31H33N3O3/c1-21-18-28(35)32-31-23(12-9-13-25(21)31)19-29(36)33-30(22-10-5-3-6-11-22)26-15-14-24(37-2)20-27(26)34-16-7-4-8-17-34/h3,5-6,9-15,18,20,30H,4,7-8,16-17,19H2,1-2H3,(H,32,35)(H,33,36). The van der Waals surface area contributed by atoms with Crippen LogP contribution in [0.25, 0.3) is 10.9 Å². The van der Waals surface area contributed by atoms with E-state index in [1.54, 1.807) is 13.2 Å². The van der Waals surface area contributed by atoms with Crippen molar-refractivity contribution in [3.05, 3.63) is 105 Å². The highest BCUT2D eigenvalue weighted by molar-refractivity contribution is 5.89. The molecule has 0 aliphatic carbocycles. The van der Waals surface area contributed by atoms with Gasteiger partial charge in [-0.25, -0.2) is 0 Å². The second-order valence-corrected chi connectivity index (χ2v) is 9.72. The summed E-state index contributed by atoms with van der Waals surface area (Å²) in [7, 11) is 1.68. The van der Waals surface area contributed by atoms with Gasteiger partial charge in [0.05, 0.1) is 25.1 Å². The molecule has 1 saturated heterocycles. The summed E-state index contributed by atoms with van der Waals surface area (Å²) in [6.45, 7) is 3.88. The number of amides is 1. The number of rotatable bonds is 7. The molecular weight excluding hydrogens is 462 g/mol. The predicted molar refractivity (Wildman–Crippen MR) is 148 cm³/mol. The van der Waals surface area contributed by atoms with Crippen LogP contribution in [0.4, 0.5) is 5.69 Å². The van der Waals surface area contributed by atoms with Gasteiger partial charge in [0.1, 0.15) is 5.75 Å². The zero-order chi connectivity index (χ0) is 25.8. The fraction of sp³-hybridized carbons (Fsp3) is 0.290. The lowest BCUT2D eigenvalue weighted by Crippen LogP contribution is -2.34. The summed E-state index contributed by atoms with van der Waals surface area (Å²) < 4.78 is 5.56. The lowest BCUT2D eigenvalue weighted by Gasteiger charge is -2.33. The van der Waals surface area contributed by atoms with Crippen LogP contribution in [-0.2, 0) is 11.2 Å². The van der Waals surface area contributed by atoms with Gasteiger partial charge in [0.15, 0.2) is 0 Å². The first-order valence-corrected chi connectivity index (χ1v) is 12.9. The molecule has 1 unspecified atom stereocenters. The molecule has 1 fully saturated rings. The Morgan fingerprint density at radius 3 is 2.54 bits per heavy atom. The maximum absolute atomic E-state index is 13.6. The normalized spacial score (nSPS) is 14.4. The van der Waals surface area contributed by atoms with Crippen molar-refractivity contribution in [3.63, 3.8) is 0 Å². The molecule has 2 heterocycles. The van der Waals surface area contributed by atoms with E-state index in [0.717, 1.165) is 70.5 Å². The van der Waals surface area contributed by atoms with Crippen LogP contribution < -0.4 is 20.5 Å². The van der Waals surface area contributed by atoms with E-state index in [-0.39, 0.29) is 23.9 Å². The Morgan fingerprint density at radius 1 is 1.00 bits per heavy atom. The molecule has 190 valence electrons. The number of benzene rings is 3. The summed E-state index contributed by atoms with van der Waals surface area (Å²) in [5.41, 5.74) is 5.41. The maximum atomic E-state index is 13.6. The van der Waals surface area contributed by atoms with Crippen LogP contribution in [0.15, 0.2) is 77.6 Å². The van der Waals surface area contributed by atoms with E-state index >= 15 is 0 Å². The number of H-pyrrole nitrogens is 1. The van der Waals surface area contributed by atoms with Gasteiger partial charge >= 0.3 is 0 Å². The minimum atomic E-state index is -0.327. The van der Waals surface area contributed by atoms with Crippen molar-refractivity contribution in [2.24, 2.45) is 0 Å². The quantitative estimate of drug-likeness (QED) is 0.366. The number of fused-ring (bicyclic) bond motifs is 1. The Morgan fingerprint density at radius 2 is 1.78 bits per heavy atom. The van der Waals surface area contributed by atoms with E-state index in [1.807, 2.05) is 61.5 Å². The Labute approximate surface area is 217 Å². The van der Waals surface area contributed by atoms with Gasteiger partial charge < -0.3 is 19.9 Å². The number of carbonyl (C=O) groups excluding carboxylic acids is 1. The number of hydrogen-bond acceptors (Lipinski definition) is 4. The van der Waals surface area contributed by atoms with Gasteiger partial charge in [-0.05, 0) is 48.9 Å². The lowest BCUT2D eigenvalue weighted by molar-refractivity contribution is -0.120. The van der Waals surface area contributed by atoms with Gasteiger partial charge in [-0.1, -0.05) is 54.6 Å². The van der Waals surface area contributed by atoms with Crippen LogP contribution in [0, 0.1) is 6.92 Å². The van der Waals surface area contributed by atoms with E-state index in [1.165, 1.54) is 6.42 Å². The summed E-state index contributed by atoms with van der Waals surface area (Å²) >= 11 is 0. The molecule has 1 aromatic heterocycles.